The van der Waals surface area contributed by atoms with E-state index in [2.05, 4.69) is 65.0 Å². The number of rotatable bonds is 4. The van der Waals surface area contributed by atoms with Gasteiger partial charge >= 0.3 is 0 Å². The first kappa shape index (κ1) is 14.9. The highest BCUT2D eigenvalue weighted by atomic mass is 15.4. The number of hydrogen-bond acceptors (Lipinski definition) is 2. The predicted octanol–water partition coefficient (Wildman–Crippen LogP) is 4.11. The van der Waals surface area contributed by atoms with Crippen molar-refractivity contribution in [2.24, 2.45) is 0 Å². The van der Waals surface area contributed by atoms with E-state index in [9.17, 15) is 0 Å². The van der Waals surface area contributed by atoms with Gasteiger partial charge in [-0.05, 0) is 30.0 Å². The zero-order valence-corrected chi connectivity index (χ0v) is 13.5. The molecule has 1 saturated heterocycles. The van der Waals surface area contributed by atoms with Crippen LogP contribution in [0.15, 0.2) is 54.6 Å². The summed E-state index contributed by atoms with van der Waals surface area (Å²) in [6, 6.07) is 23.5. The molecule has 1 heterocycles. The van der Waals surface area contributed by atoms with E-state index in [1.54, 1.807) is 0 Å². The Morgan fingerprint density at radius 3 is 1.96 bits per heavy atom. The topological polar surface area (TPSA) is 6.48 Å². The average molecular weight is 303 g/mol. The third kappa shape index (κ3) is 3.34. The van der Waals surface area contributed by atoms with E-state index in [1.165, 1.54) is 36.8 Å². The van der Waals surface area contributed by atoms with Crippen molar-refractivity contribution >= 4 is 0 Å². The highest BCUT2D eigenvalue weighted by Crippen LogP contribution is 2.36. The van der Waals surface area contributed by atoms with Crippen LogP contribution in [-0.2, 0) is 13.1 Å². The predicted molar refractivity (Wildman–Crippen MR) is 92.1 cm³/mol. The fourth-order valence-corrected chi connectivity index (χ4v) is 3.94. The third-order valence-corrected chi connectivity index (χ3v) is 5.09. The molecule has 2 aromatic carbocycles. The van der Waals surface area contributed by atoms with Gasteiger partial charge in [-0.3, -0.25) is 9.80 Å². The van der Waals surface area contributed by atoms with Gasteiger partial charge in [0.15, 0.2) is 0 Å². The molecule has 2 fully saturated rings. The molecule has 2 atom stereocenters. The van der Waals surface area contributed by atoms with Crippen LogP contribution in [0.3, 0.4) is 0 Å². The van der Waals surface area contributed by atoms with Crippen molar-refractivity contribution < 1.29 is 0 Å². The second-order valence-electron chi connectivity index (χ2n) is 6.67. The van der Waals surface area contributed by atoms with Gasteiger partial charge in [0.2, 0.25) is 0 Å². The fourth-order valence-electron chi connectivity index (χ4n) is 3.94. The molecule has 0 spiro atoms. The number of benzene rings is 2. The van der Waals surface area contributed by atoms with E-state index < -0.39 is 0 Å². The Morgan fingerprint density at radius 1 is 0.783 bits per heavy atom. The minimum atomic E-state index is 0.622. The first-order chi connectivity index (χ1) is 11.4. The quantitative estimate of drug-likeness (QED) is 0.838. The van der Waals surface area contributed by atoms with E-state index in [0.717, 1.165) is 13.1 Å². The van der Waals surface area contributed by atoms with Crippen molar-refractivity contribution in [1.29, 1.82) is 0 Å². The second-order valence-corrected chi connectivity index (χ2v) is 6.67. The lowest BCUT2D eigenvalue weighted by Crippen LogP contribution is -2.39. The standard InChI is InChI=1S/C21H23N2/c1-3-9-18(10-4-1)15-22-17-23(16-19-11-5-2-6-12-19)21-14-8-7-13-20(21)22/h1,3-6,9-12,20-21H,7-8,13-16H2/t20-,21-/m0/s1. The van der Waals surface area contributed by atoms with Gasteiger partial charge in [-0.15, -0.1) is 0 Å². The molecule has 2 aromatic rings. The van der Waals surface area contributed by atoms with Crippen molar-refractivity contribution in [3.8, 4) is 0 Å². The summed E-state index contributed by atoms with van der Waals surface area (Å²) >= 11 is 0. The molecule has 2 aliphatic rings. The molecule has 23 heavy (non-hydrogen) atoms. The van der Waals surface area contributed by atoms with Crippen LogP contribution in [-0.4, -0.2) is 21.9 Å². The summed E-state index contributed by atoms with van der Waals surface area (Å²) in [4.78, 5) is 4.90. The lowest BCUT2D eigenvalue weighted by atomic mass is 9.90. The molecule has 2 heteroatoms. The van der Waals surface area contributed by atoms with Gasteiger partial charge in [0.25, 0.3) is 0 Å². The molecule has 1 saturated carbocycles. The summed E-state index contributed by atoms with van der Waals surface area (Å²) in [6.07, 6.45) is 5.29. The van der Waals surface area contributed by atoms with Crippen molar-refractivity contribution in [1.82, 2.24) is 9.80 Å². The van der Waals surface area contributed by atoms with Crippen LogP contribution in [0.5, 0.6) is 0 Å². The molecule has 3 radical (unpaired) electrons. The monoisotopic (exact) mass is 303 g/mol. The maximum atomic E-state index is 3.69. The Balaban J connectivity index is 1.50. The van der Waals surface area contributed by atoms with Gasteiger partial charge in [-0.25, -0.2) is 0 Å². The Hall–Kier alpha value is -1.64. The molecule has 4 rings (SSSR count). The van der Waals surface area contributed by atoms with Crippen LogP contribution in [0.4, 0.5) is 0 Å². The molecule has 1 aliphatic carbocycles. The largest absolute Gasteiger partial charge is 0.271 e. The van der Waals surface area contributed by atoms with Crippen molar-refractivity contribution in [3.05, 3.63) is 78.5 Å². The van der Waals surface area contributed by atoms with Gasteiger partial charge in [0.1, 0.15) is 6.67 Å². The SMILES string of the molecule is [C]1N(Cc2cc[c]cc2)[C@H]2CCCC[C@@H]2N1Cc1ccccc1. The third-order valence-electron chi connectivity index (χ3n) is 5.09. The summed E-state index contributed by atoms with van der Waals surface area (Å²) in [5.41, 5.74) is 2.72. The minimum Gasteiger partial charge on any atom is -0.271 e. The summed E-state index contributed by atoms with van der Waals surface area (Å²) in [7, 11) is 0. The number of fused-ring (bicyclic) bond motifs is 1. The Bertz CT molecular complexity index is 555. The van der Waals surface area contributed by atoms with Gasteiger partial charge < -0.3 is 0 Å². The van der Waals surface area contributed by atoms with Crippen LogP contribution in [0.2, 0.25) is 0 Å². The van der Waals surface area contributed by atoms with Gasteiger partial charge in [-0.1, -0.05) is 67.4 Å². The highest BCUT2D eigenvalue weighted by Gasteiger charge is 2.41. The van der Waals surface area contributed by atoms with Gasteiger partial charge in [-0.2, -0.15) is 0 Å². The highest BCUT2D eigenvalue weighted by molar-refractivity contribution is 5.18. The van der Waals surface area contributed by atoms with Crippen LogP contribution >= 0.6 is 0 Å². The molecule has 2 nitrogen and oxygen atoms in total. The smallest absolute Gasteiger partial charge is 0.147 e. The van der Waals surface area contributed by atoms with Gasteiger partial charge in [0.05, 0.1) is 0 Å². The fraction of sp³-hybridized carbons (Fsp3) is 0.381. The summed E-state index contributed by atoms with van der Waals surface area (Å²) in [5.74, 6) is 0. The normalized spacial score (nSPS) is 25.4. The molecule has 0 N–H and O–H groups in total. The summed E-state index contributed by atoms with van der Waals surface area (Å²) in [6.45, 7) is 5.62. The maximum absolute atomic E-state index is 3.69. The molecule has 0 unspecified atom stereocenters. The Morgan fingerprint density at radius 2 is 1.35 bits per heavy atom. The lowest BCUT2D eigenvalue weighted by Gasteiger charge is -2.32. The lowest BCUT2D eigenvalue weighted by molar-refractivity contribution is 0.197. The number of hydrogen-bond donors (Lipinski definition) is 0. The van der Waals surface area contributed by atoms with E-state index in [4.69, 9.17) is 0 Å². The maximum Gasteiger partial charge on any atom is 0.147 e. The van der Waals surface area contributed by atoms with Crippen LogP contribution < -0.4 is 0 Å². The van der Waals surface area contributed by atoms with E-state index >= 15 is 0 Å². The minimum absolute atomic E-state index is 0.622. The molecule has 1 aliphatic heterocycles. The molecular formula is C21H23N2. The first-order valence-corrected chi connectivity index (χ1v) is 8.69. The second kappa shape index (κ2) is 6.86. The Labute approximate surface area is 139 Å². The summed E-state index contributed by atoms with van der Waals surface area (Å²) < 4.78 is 0. The van der Waals surface area contributed by atoms with E-state index in [0.29, 0.717) is 12.1 Å². The number of nitrogens with zero attached hydrogens (tertiary/aromatic N) is 2. The molecular weight excluding hydrogens is 280 g/mol. The molecule has 0 bridgehead atoms. The van der Waals surface area contributed by atoms with E-state index in [1.807, 2.05) is 12.1 Å². The van der Waals surface area contributed by atoms with Crippen LogP contribution in [0.25, 0.3) is 0 Å². The Kier molecular flexibility index (Phi) is 4.45. The van der Waals surface area contributed by atoms with Crippen molar-refractivity contribution in [3.63, 3.8) is 0 Å². The zero-order valence-electron chi connectivity index (χ0n) is 13.5. The molecule has 117 valence electrons. The van der Waals surface area contributed by atoms with Crippen molar-refractivity contribution in [2.75, 3.05) is 0 Å². The molecule has 0 aromatic heterocycles. The first-order valence-electron chi connectivity index (χ1n) is 8.69. The zero-order chi connectivity index (χ0) is 15.5. The summed E-state index contributed by atoms with van der Waals surface area (Å²) in [5, 5.41) is 0. The van der Waals surface area contributed by atoms with Gasteiger partial charge in [0, 0.05) is 25.2 Å². The van der Waals surface area contributed by atoms with Crippen LogP contribution in [0.1, 0.15) is 36.8 Å². The van der Waals surface area contributed by atoms with E-state index in [-0.39, 0.29) is 0 Å². The van der Waals surface area contributed by atoms with Crippen LogP contribution in [0, 0.1) is 12.7 Å². The van der Waals surface area contributed by atoms with Crippen molar-refractivity contribution in [2.45, 2.75) is 50.9 Å². The average Bonchev–Trinajstić information content (AvgIpc) is 2.95. The molecule has 0 amide bonds.